The normalized spacial score (nSPS) is 12.1. The Morgan fingerprint density at radius 1 is 1.21 bits per heavy atom. The van der Waals surface area contributed by atoms with Gasteiger partial charge < -0.3 is 15.6 Å². The number of nitrogens with zero attached hydrogens (tertiary/aromatic N) is 2. The molecule has 0 fully saturated rings. The molecule has 0 saturated heterocycles. The summed E-state index contributed by atoms with van der Waals surface area (Å²) in [4.78, 5) is 11.6. The Kier molecular flexibility index (Phi) is 8.29. The lowest BCUT2D eigenvalue weighted by atomic mass is 10.3. The first-order chi connectivity index (χ1) is 11.0. The number of imidazole rings is 1. The van der Waals surface area contributed by atoms with Crippen molar-refractivity contribution in [2.24, 2.45) is 4.99 Å². The molecule has 0 aliphatic heterocycles. The lowest BCUT2D eigenvalue weighted by Gasteiger charge is -2.12. The molecule has 134 valence electrons. The summed E-state index contributed by atoms with van der Waals surface area (Å²) in [6, 6.07) is 7.80. The second kappa shape index (κ2) is 9.70. The number of hydrogen-bond donors (Lipinski definition) is 3. The highest BCUT2D eigenvalue weighted by Crippen LogP contribution is 2.18. The average Bonchev–Trinajstić information content (AvgIpc) is 2.91. The molecular formula is C15H21F3IN5. The smallest absolute Gasteiger partial charge is 0.356 e. The molecule has 3 N–H and O–H groups in total. The van der Waals surface area contributed by atoms with Crippen molar-refractivity contribution in [3.63, 3.8) is 0 Å². The number of benzene rings is 1. The molecule has 24 heavy (non-hydrogen) atoms. The molecule has 0 unspecified atom stereocenters. The van der Waals surface area contributed by atoms with E-state index in [0.29, 0.717) is 12.5 Å². The number of halogens is 4. The molecule has 0 aliphatic carbocycles. The number of rotatable bonds is 6. The summed E-state index contributed by atoms with van der Waals surface area (Å²) >= 11 is 0. The summed E-state index contributed by atoms with van der Waals surface area (Å²) in [5.74, 6) is 1.27. The van der Waals surface area contributed by atoms with Crippen molar-refractivity contribution in [2.45, 2.75) is 25.4 Å². The molecular weight excluding hydrogens is 434 g/mol. The van der Waals surface area contributed by atoms with Gasteiger partial charge in [0.2, 0.25) is 0 Å². The van der Waals surface area contributed by atoms with Crippen LogP contribution < -0.4 is 10.6 Å². The Labute approximate surface area is 155 Å². The van der Waals surface area contributed by atoms with Crippen molar-refractivity contribution in [2.75, 3.05) is 20.1 Å². The number of alkyl halides is 3. The monoisotopic (exact) mass is 455 g/mol. The lowest BCUT2D eigenvalue weighted by Crippen LogP contribution is -2.39. The van der Waals surface area contributed by atoms with Crippen LogP contribution in [0.4, 0.5) is 13.2 Å². The molecule has 1 heterocycles. The third kappa shape index (κ3) is 6.93. The molecule has 0 bridgehead atoms. The van der Waals surface area contributed by atoms with E-state index in [1.165, 1.54) is 7.05 Å². The minimum absolute atomic E-state index is 0. The van der Waals surface area contributed by atoms with E-state index in [2.05, 4.69) is 25.6 Å². The van der Waals surface area contributed by atoms with E-state index in [0.717, 1.165) is 29.7 Å². The number of nitrogens with one attached hydrogen (secondary N) is 3. The van der Waals surface area contributed by atoms with Gasteiger partial charge in [-0.3, -0.25) is 4.99 Å². The second-order valence-electron chi connectivity index (χ2n) is 5.10. The minimum atomic E-state index is -4.16. The Bertz CT molecular complexity index is 621. The van der Waals surface area contributed by atoms with Gasteiger partial charge >= 0.3 is 6.18 Å². The van der Waals surface area contributed by atoms with Crippen molar-refractivity contribution in [1.29, 1.82) is 0 Å². The first-order valence-electron chi connectivity index (χ1n) is 7.43. The van der Waals surface area contributed by atoms with Crippen molar-refractivity contribution < 1.29 is 13.2 Å². The topological polar surface area (TPSA) is 65.1 Å². The quantitative estimate of drug-likeness (QED) is 0.271. The predicted octanol–water partition coefficient (Wildman–Crippen LogP) is 3.23. The first kappa shape index (κ1) is 20.5. The highest BCUT2D eigenvalue weighted by atomic mass is 127. The van der Waals surface area contributed by atoms with Crippen molar-refractivity contribution in [1.82, 2.24) is 20.6 Å². The van der Waals surface area contributed by atoms with Gasteiger partial charge in [0.05, 0.1) is 17.5 Å². The van der Waals surface area contributed by atoms with Gasteiger partial charge in [-0.05, 0) is 18.6 Å². The zero-order valence-electron chi connectivity index (χ0n) is 13.3. The number of aliphatic imine (C=N–C) groups is 1. The third-order valence-electron chi connectivity index (χ3n) is 3.25. The molecule has 0 saturated carbocycles. The van der Waals surface area contributed by atoms with Gasteiger partial charge in [-0.2, -0.15) is 13.2 Å². The minimum Gasteiger partial charge on any atom is -0.356 e. The molecule has 0 atom stereocenters. The van der Waals surface area contributed by atoms with Crippen LogP contribution in [0.1, 0.15) is 18.7 Å². The molecule has 1 aromatic carbocycles. The number of aromatic amines is 1. The Hall–Kier alpha value is -1.52. The van der Waals surface area contributed by atoms with Crippen LogP contribution in [0.2, 0.25) is 0 Å². The summed E-state index contributed by atoms with van der Waals surface area (Å²) in [6.07, 6.45) is -3.50. The van der Waals surface area contributed by atoms with Crippen LogP contribution in [0, 0.1) is 0 Å². The fourth-order valence-corrected chi connectivity index (χ4v) is 2.13. The number of guanidine groups is 1. The number of hydrogen-bond acceptors (Lipinski definition) is 2. The second-order valence-corrected chi connectivity index (χ2v) is 5.10. The maximum atomic E-state index is 12.1. The average molecular weight is 455 g/mol. The number of fused-ring (bicyclic) bond motifs is 1. The predicted molar refractivity (Wildman–Crippen MR) is 99.9 cm³/mol. The van der Waals surface area contributed by atoms with Crippen LogP contribution in [-0.2, 0) is 6.42 Å². The van der Waals surface area contributed by atoms with Crippen LogP contribution in [-0.4, -0.2) is 42.2 Å². The highest BCUT2D eigenvalue weighted by Gasteiger charge is 2.26. The number of aryl methyl sites for hydroxylation is 1. The van der Waals surface area contributed by atoms with Crippen molar-refractivity contribution in [3.05, 3.63) is 30.1 Å². The maximum absolute atomic E-state index is 12.1. The summed E-state index contributed by atoms with van der Waals surface area (Å²) in [6.45, 7) is 0.412. The largest absolute Gasteiger partial charge is 0.390 e. The Morgan fingerprint density at radius 3 is 2.58 bits per heavy atom. The van der Waals surface area contributed by atoms with Gasteiger partial charge in [0, 0.05) is 26.6 Å². The molecule has 2 rings (SSSR count). The van der Waals surface area contributed by atoms with E-state index in [1.54, 1.807) is 0 Å². The van der Waals surface area contributed by atoms with E-state index in [1.807, 2.05) is 24.3 Å². The fourth-order valence-electron chi connectivity index (χ4n) is 2.13. The van der Waals surface area contributed by atoms with E-state index in [-0.39, 0.29) is 30.5 Å². The lowest BCUT2D eigenvalue weighted by molar-refractivity contribution is -0.132. The third-order valence-corrected chi connectivity index (χ3v) is 3.25. The van der Waals surface area contributed by atoms with Gasteiger partial charge in [-0.25, -0.2) is 4.98 Å². The zero-order chi connectivity index (χ0) is 16.7. The van der Waals surface area contributed by atoms with Gasteiger partial charge in [-0.1, -0.05) is 12.1 Å². The first-order valence-corrected chi connectivity index (χ1v) is 7.43. The zero-order valence-corrected chi connectivity index (χ0v) is 15.6. The van der Waals surface area contributed by atoms with Crippen molar-refractivity contribution in [3.8, 4) is 0 Å². The van der Waals surface area contributed by atoms with Crippen LogP contribution >= 0.6 is 24.0 Å². The molecule has 0 amide bonds. The van der Waals surface area contributed by atoms with Crippen LogP contribution in [0.15, 0.2) is 29.3 Å². The van der Waals surface area contributed by atoms with Gasteiger partial charge in [0.15, 0.2) is 5.96 Å². The van der Waals surface area contributed by atoms with Crippen LogP contribution in [0.25, 0.3) is 11.0 Å². The summed E-state index contributed by atoms with van der Waals surface area (Å²) in [7, 11) is 1.53. The molecule has 9 heteroatoms. The fraction of sp³-hybridized carbons (Fsp3) is 0.467. The van der Waals surface area contributed by atoms with E-state index < -0.39 is 12.6 Å². The molecule has 5 nitrogen and oxygen atoms in total. The number of para-hydroxylation sites is 2. The van der Waals surface area contributed by atoms with E-state index >= 15 is 0 Å². The summed E-state index contributed by atoms with van der Waals surface area (Å²) in [5, 5.41) is 5.63. The summed E-state index contributed by atoms with van der Waals surface area (Å²) < 4.78 is 36.2. The standard InChI is InChI=1S/C15H20F3N5.HI/c1-19-14(21-10-8-15(16,17)18)20-9-4-7-13-22-11-5-2-3-6-12(11)23-13;/h2-3,5-6H,4,7-10H2,1H3,(H,22,23)(H2,19,20,21);1H. The van der Waals surface area contributed by atoms with Gasteiger partial charge in [0.1, 0.15) is 5.82 Å². The van der Waals surface area contributed by atoms with E-state index in [9.17, 15) is 13.2 Å². The molecule has 0 spiro atoms. The van der Waals surface area contributed by atoms with Gasteiger partial charge in [0.25, 0.3) is 0 Å². The highest BCUT2D eigenvalue weighted by molar-refractivity contribution is 14.0. The number of aromatic nitrogens is 2. The van der Waals surface area contributed by atoms with Crippen LogP contribution in [0.3, 0.4) is 0 Å². The maximum Gasteiger partial charge on any atom is 0.390 e. The molecule has 1 aromatic heterocycles. The van der Waals surface area contributed by atoms with E-state index in [4.69, 9.17) is 0 Å². The number of H-pyrrole nitrogens is 1. The van der Waals surface area contributed by atoms with Crippen LogP contribution in [0.5, 0.6) is 0 Å². The molecule has 0 radical (unpaired) electrons. The Morgan fingerprint density at radius 2 is 1.92 bits per heavy atom. The van der Waals surface area contributed by atoms with Crippen molar-refractivity contribution >= 4 is 41.0 Å². The molecule has 2 aromatic rings. The van der Waals surface area contributed by atoms with Gasteiger partial charge in [-0.15, -0.1) is 24.0 Å². The molecule has 0 aliphatic rings. The summed E-state index contributed by atoms with van der Waals surface area (Å²) in [5.41, 5.74) is 1.93. The Balaban J connectivity index is 0.00000288. The SMILES string of the molecule is CN=C(NCCCc1nc2ccccc2[nH]1)NCCC(F)(F)F.I.